The van der Waals surface area contributed by atoms with Crippen LogP contribution >= 0.6 is 0 Å². The molecule has 0 spiro atoms. The lowest BCUT2D eigenvalue weighted by Crippen LogP contribution is -2.06. The smallest absolute Gasteiger partial charge is 0.303 e. The van der Waals surface area contributed by atoms with Crippen molar-refractivity contribution in [2.45, 2.75) is 73.3 Å². The average Bonchev–Trinajstić information content (AvgIpc) is 3.36. The number of allylic oxidation sites excluding steroid dienone is 5. The van der Waals surface area contributed by atoms with Gasteiger partial charge in [-0.1, -0.05) is 76.8 Å². The highest BCUT2D eigenvalue weighted by atomic mass is 16.5. The Hall–Kier alpha value is -3.86. The number of hydrogen-bond acceptors (Lipinski definition) is 4. The number of nitrogens with zero attached hydrogens (tertiary/aromatic N) is 1. The quantitative estimate of drug-likeness (QED) is 0.258. The van der Waals surface area contributed by atoms with Crippen molar-refractivity contribution in [3.8, 4) is 17.2 Å². The summed E-state index contributed by atoms with van der Waals surface area (Å²) in [7, 11) is 0. The molecule has 202 valence electrons. The number of aromatic nitrogens is 1. The van der Waals surface area contributed by atoms with Crippen LogP contribution in [0.2, 0.25) is 0 Å². The first-order valence-corrected chi connectivity index (χ1v) is 13.3. The molecule has 3 aromatic rings. The maximum absolute atomic E-state index is 10.9. The fourth-order valence-corrected chi connectivity index (χ4v) is 3.98. The Bertz CT molecular complexity index is 1260. The summed E-state index contributed by atoms with van der Waals surface area (Å²) in [6.45, 7) is 18.0. The Morgan fingerprint density at radius 1 is 1.13 bits per heavy atom. The highest BCUT2D eigenvalue weighted by molar-refractivity contribution is 5.76. The van der Waals surface area contributed by atoms with Gasteiger partial charge in [0.05, 0.1) is 5.69 Å². The molecule has 1 atom stereocenters. The van der Waals surface area contributed by atoms with E-state index in [1.165, 1.54) is 0 Å². The van der Waals surface area contributed by atoms with Crippen LogP contribution in [0.1, 0.15) is 88.1 Å². The summed E-state index contributed by atoms with van der Waals surface area (Å²) in [6.07, 6.45) is 8.11. The van der Waals surface area contributed by atoms with E-state index in [4.69, 9.17) is 19.2 Å². The summed E-state index contributed by atoms with van der Waals surface area (Å²) < 4.78 is 12.5. The van der Waals surface area contributed by atoms with E-state index >= 15 is 0 Å². The van der Waals surface area contributed by atoms with Crippen LogP contribution in [-0.4, -0.2) is 16.1 Å². The molecule has 0 fully saturated rings. The van der Waals surface area contributed by atoms with Gasteiger partial charge < -0.3 is 14.3 Å². The van der Waals surface area contributed by atoms with Crippen LogP contribution in [0.25, 0.3) is 17.0 Å². The molecule has 5 nitrogen and oxygen atoms in total. The molecule has 0 bridgehead atoms. The molecule has 5 heteroatoms. The second-order valence-electron chi connectivity index (χ2n) is 9.09. The summed E-state index contributed by atoms with van der Waals surface area (Å²) in [5.74, 6) is 1.34. The molecular formula is C33H41NO4. The molecule has 0 saturated heterocycles. The number of carboxylic acids is 1. The highest BCUT2D eigenvalue weighted by Gasteiger charge is 2.23. The van der Waals surface area contributed by atoms with Crippen LogP contribution in [0.3, 0.4) is 0 Å². The lowest BCUT2D eigenvalue weighted by Gasteiger charge is -2.16. The molecule has 0 aliphatic carbocycles. The topological polar surface area (TPSA) is 72.6 Å². The number of rotatable bonds is 11. The first kappa shape index (κ1) is 30.4. The van der Waals surface area contributed by atoms with Crippen LogP contribution in [0.4, 0.5) is 0 Å². The van der Waals surface area contributed by atoms with Crippen molar-refractivity contribution in [2.24, 2.45) is 0 Å². The minimum absolute atomic E-state index is 0.109. The molecule has 1 aromatic heterocycles. The summed E-state index contributed by atoms with van der Waals surface area (Å²) in [4.78, 5) is 15.7. The second kappa shape index (κ2) is 14.8. The molecular weight excluding hydrogens is 474 g/mol. The molecule has 1 N–H and O–H groups in total. The van der Waals surface area contributed by atoms with Crippen molar-refractivity contribution < 1.29 is 19.1 Å². The highest BCUT2D eigenvalue weighted by Crippen LogP contribution is 2.33. The van der Waals surface area contributed by atoms with Crippen molar-refractivity contribution in [2.75, 3.05) is 0 Å². The fourth-order valence-electron chi connectivity index (χ4n) is 3.98. The molecule has 3 rings (SSSR count). The van der Waals surface area contributed by atoms with Crippen molar-refractivity contribution in [1.29, 1.82) is 0 Å². The van der Waals surface area contributed by atoms with Gasteiger partial charge >= 0.3 is 5.97 Å². The Morgan fingerprint density at radius 3 is 2.37 bits per heavy atom. The van der Waals surface area contributed by atoms with E-state index in [0.717, 1.165) is 33.5 Å². The third-order valence-electron chi connectivity index (χ3n) is 5.99. The number of aryl methyl sites for hydroxylation is 2. The van der Waals surface area contributed by atoms with Gasteiger partial charge in [-0.15, -0.1) is 0 Å². The Kier molecular flexibility index (Phi) is 11.8. The van der Waals surface area contributed by atoms with Crippen LogP contribution < -0.4 is 4.74 Å². The fraction of sp³-hybridized carbons (Fsp3) is 0.333. The van der Waals surface area contributed by atoms with Gasteiger partial charge in [-0.25, -0.2) is 4.98 Å². The minimum atomic E-state index is -0.799. The van der Waals surface area contributed by atoms with E-state index in [2.05, 4.69) is 20.4 Å². The molecule has 0 aliphatic rings. The van der Waals surface area contributed by atoms with Crippen LogP contribution in [0, 0.1) is 6.92 Å². The molecule has 2 aromatic carbocycles. The number of carbonyl (C=O) groups is 1. The van der Waals surface area contributed by atoms with Gasteiger partial charge in [-0.3, -0.25) is 4.79 Å². The summed E-state index contributed by atoms with van der Waals surface area (Å²) in [6, 6.07) is 13.8. The van der Waals surface area contributed by atoms with E-state index in [0.29, 0.717) is 23.8 Å². The van der Waals surface area contributed by atoms with Gasteiger partial charge in [0.15, 0.2) is 11.9 Å². The molecule has 0 amide bonds. The Morgan fingerprint density at radius 2 is 1.82 bits per heavy atom. The summed E-state index contributed by atoms with van der Waals surface area (Å²) in [5.41, 5.74) is 5.89. The van der Waals surface area contributed by atoms with E-state index in [1.54, 1.807) is 0 Å². The van der Waals surface area contributed by atoms with Crippen molar-refractivity contribution in [1.82, 2.24) is 4.98 Å². The zero-order valence-electron chi connectivity index (χ0n) is 23.7. The van der Waals surface area contributed by atoms with Gasteiger partial charge in [-0.2, -0.15) is 0 Å². The van der Waals surface area contributed by atoms with Crippen molar-refractivity contribution in [3.05, 3.63) is 101 Å². The average molecular weight is 516 g/mol. The van der Waals surface area contributed by atoms with E-state index in [9.17, 15) is 4.79 Å². The zero-order chi connectivity index (χ0) is 28.2. The van der Waals surface area contributed by atoms with Crippen LogP contribution in [-0.2, 0) is 11.2 Å². The number of benzene rings is 2. The summed E-state index contributed by atoms with van der Waals surface area (Å²) in [5, 5.41) is 8.95. The van der Waals surface area contributed by atoms with Crippen LogP contribution in [0.15, 0.2) is 77.8 Å². The monoisotopic (exact) mass is 515 g/mol. The van der Waals surface area contributed by atoms with Gasteiger partial charge in [-0.05, 0) is 79.6 Å². The number of oxazole rings is 1. The van der Waals surface area contributed by atoms with Crippen molar-refractivity contribution >= 4 is 11.5 Å². The maximum Gasteiger partial charge on any atom is 0.303 e. The van der Waals surface area contributed by atoms with E-state index in [1.807, 2.05) is 101 Å². The van der Waals surface area contributed by atoms with E-state index < -0.39 is 5.97 Å². The Labute approximate surface area is 227 Å². The zero-order valence-corrected chi connectivity index (χ0v) is 23.7. The third kappa shape index (κ3) is 8.07. The Balaban J connectivity index is 0.00000247. The number of carboxylic acid groups (broad SMARTS) is 1. The second-order valence-corrected chi connectivity index (χ2v) is 9.09. The molecule has 0 radical (unpaired) electrons. The number of hydrogen-bond donors (Lipinski definition) is 1. The normalized spacial score (nSPS) is 12.3. The molecule has 1 unspecified atom stereocenters. The lowest BCUT2D eigenvalue weighted by atomic mass is 10.0. The number of ether oxygens (including phenoxy) is 1. The predicted molar refractivity (Wildman–Crippen MR) is 157 cm³/mol. The first-order valence-electron chi connectivity index (χ1n) is 13.3. The predicted octanol–water partition coefficient (Wildman–Crippen LogP) is 9.10. The van der Waals surface area contributed by atoms with Crippen molar-refractivity contribution in [3.63, 3.8) is 0 Å². The minimum Gasteiger partial charge on any atom is -0.483 e. The molecule has 1 heterocycles. The molecule has 38 heavy (non-hydrogen) atoms. The van der Waals surface area contributed by atoms with Gasteiger partial charge in [0, 0.05) is 12.0 Å². The largest absolute Gasteiger partial charge is 0.483 e. The van der Waals surface area contributed by atoms with E-state index in [-0.39, 0.29) is 18.4 Å². The first-order chi connectivity index (χ1) is 18.2. The van der Waals surface area contributed by atoms with Gasteiger partial charge in [0.1, 0.15) is 5.75 Å². The lowest BCUT2D eigenvalue weighted by molar-refractivity contribution is -0.136. The summed E-state index contributed by atoms with van der Waals surface area (Å²) >= 11 is 0. The standard InChI is InChI=1S/C31H35NO4.C2H6/c1-7-9-10-23(8-2)25-11-13-26(14-12-25)31-32-29(20(3)4)30(36-31)22(6)35-27-17-15-24(21(5)19-27)16-18-28(33)34;1-2/h7-15,17,19-20,22H,2,16,18H2,1,3-6H3,(H,33,34);1-2H3/b9-7-,23-10+;. The van der Waals surface area contributed by atoms with Crippen LogP contribution in [0.5, 0.6) is 5.75 Å². The third-order valence-corrected chi connectivity index (χ3v) is 5.99. The van der Waals surface area contributed by atoms with Gasteiger partial charge in [0.2, 0.25) is 5.89 Å². The number of aliphatic carboxylic acids is 1. The maximum atomic E-state index is 10.9. The molecule has 0 aliphatic heterocycles. The molecule has 0 saturated carbocycles. The van der Waals surface area contributed by atoms with Gasteiger partial charge in [0.25, 0.3) is 0 Å². The SMILES string of the molecule is C=C/C(=C\C=C/C)c1ccc(-c2nc(C(C)C)c(C(C)Oc3ccc(CCC(=O)O)c(C)c3)o2)cc1.CC.